The molecule has 1 atom stereocenters. The summed E-state index contributed by atoms with van der Waals surface area (Å²) < 4.78 is 0. The van der Waals surface area contributed by atoms with Crippen LogP contribution < -0.4 is 5.73 Å². The standard InChI is InChI=1S/C18H29N5O.4ClH/c1-21-8-4-16(5-9-21)22-10-12-23(13-11-22)18(24)17(19)14-15-2-6-20-7-3-15;;;;/h2-3,6-7,16-17H,4-5,8-14,19H2,1H3;4*1H/t17-;;;;/m1..../s1. The molecule has 6 nitrogen and oxygen atoms in total. The zero-order valence-corrected chi connectivity index (χ0v) is 19.5. The molecule has 1 amide bonds. The van der Waals surface area contributed by atoms with Crippen molar-refractivity contribution in [1.82, 2.24) is 19.7 Å². The highest BCUT2D eigenvalue weighted by Gasteiger charge is 2.29. The molecule has 0 bridgehead atoms. The summed E-state index contributed by atoms with van der Waals surface area (Å²) >= 11 is 0. The lowest BCUT2D eigenvalue weighted by Gasteiger charge is -2.42. The van der Waals surface area contributed by atoms with Gasteiger partial charge in [-0.1, -0.05) is 0 Å². The fourth-order valence-electron chi connectivity index (χ4n) is 3.76. The van der Waals surface area contributed by atoms with Crippen LogP contribution in [0.15, 0.2) is 24.5 Å². The molecule has 3 rings (SSSR count). The number of carbonyl (C=O) groups is 1. The first-order valence-corrected chi connectivity index (χ1v) is 8.99. The van der Waals surface area contributed by atoms with Gasteiger partial charge in [-0.15, -0.1) is 49.6 Å². The van der Waals surface area contributed by atoms with Crippen LogP contribution in [0.5, 0.6) is 0 Å². The first-order chi connectivity index (χ1) is 11.6. The van der Waals surface area contributed by atoms with Gasteiger partial charge in [0.15, 0.2) is 0 Å². The lowest BCUT2D eigenvalue weighted by molar-refractivity contribution is -0.134. The highest BCUT2D eigenvalue weighted by molar-refractivity contribution is 5.86. The number of carbonyl (C=O) groups excluding carboxylic acids is 1. The van der Waals surface area contributed by atoms with Gasteiger partial charge in [-0.05, 0) is 57.1 Å². The normalized spacial score (nSPS) is 19.3. The first-order valence-electron chi connectivity index (χ1n) is 8.99. The van der Waals surface area contributed by atoms with Gasteiger partial charge in [0.2, 0.25) is 5.91 Å². The van der Waals surface area contributed by atoms with Crippen molar-refractivity contribution in [3.63, 3.8) is 0 Å². The maximum absolute atomic E-state index is 12.6. The second-order valence-corrected chi connectivity index (χ2v) is 7.06. The fourth-order valence-corrected chi connectivity index (χ4v) is 3.76. The van der Waals surface area contributed by atoms with Gasteiger partial charge in [0, 0.05) is 44.6 Å². The Morgan fingerprint density at radius 3 is 2.11 bits per heavy atom. The predicted octanol–water partition coefficient (Wildman–Crippen LogP) is 1.88. The van der Waals surface area contributed by atoms with E-state index in [9.17, 15) is 4.79 Å². The van der Waals surface area contributed by atoms with Crippen LogP contribution in [0.25, 0.3) is 0 Å². The molecule has 164 valence electrons. The molecule has 0 unspecified atom stereocenters. The van der Waals surface area contributed by atoms with E-state index in [1.165, 1.54) is 25.9 Å². The Morgan fingerprint density at radius 1 is 1.04 bits per heavy atom. The highest BCUT2D eigenvalue weighted by atomic mass is 35.5. The number of piperidine rings is 1. The third kappa shape index (κ3) is 8.19. The second kappa shape index (κ2) is 14.6. The van der Waals surface area contributed by atoms with Crippen LogP contribution in [-0.2, 0) is 11.2 Å². The van der Waals surface area contributed by atoms with Gasteiger partial charge in [0.05, 0.1) is 6.04 Å². The summed E-state index contributed by atoms with van der Waals surface area (Å²) in [5.74, 6) is 0.0786. The van der Waals surface area contributed by atoms with E-state index in [-0.39, 0.29) is 55.5 Å². The van der Waals surface area contributed by atoms with Crippen molar-refractivity contribution >= 4 is 55.5 Å². The molecule has 0 spiro atoms. The van der Waals surface area contributed by atoms with Crippen molar-refractivity contribution in [1.29, 1.82) is 0 Å². The molecule has 2 aliphatic heterocycles. The Hall–Kier alpha value is -0.340. The topological polar surface area (TPSA) is 65.7 Å². The van der Waals surface area contributed by atoms with Gasteiger partial charge in [0.25, 0.3) is 0 Å². The average molecular weight is 477 g/mol. The number of aromatic nitrogens is 1. The summed E-state index contributed by atoms with van der Waals surface area (Å²) in [4.78, 5) is 23.5. The SMILES string of the molecule is CN1CCC(N2CCN(C(=O)[C@H](N)Cc3ccncc3)CC2)CC1.Cl.Cl.Cl.Cl. The zero-order valence-electron chi connectivity index (χ0n) is 16.2. The Morgan fingerprint density at radius 2 is 1.57 bits per heavy atom. The Kier molecular flexibility index (Phi) is 15.6. The number of hydrogen-bond donors (Lipinski definition) is 1. The lowest BCUT2D eigenvalue weighted by atomic mass is 10.0. The third-order valence-electron chi connectivity index (χ3n) is 5.35. The van der Waals surface area contributed by atoms with Gasteiger partial charge < -0.3 is 15.5 Å². The molecule has 0 radical (unpaired) electrons. The molecule has 28 heavy (non-hydrogen) atoms. The predicted molar refractivity (Wildman–Crippen MR) is 124 cm³/mol. The van der Waals surface area contributed by atoms with Crippen molar-refractivity contribution in [2.24, 2.45) is 5.73 Å². The summed E-state index contributed by atoms with van der Waals surface area (Å²) in [6.45, 7) is 5.91. The monoisotopic (exact) mass is 475 g/mol. The molecule has 2 N–H and O–H groups in total. The summed E-state index contributed by atoms with van der Waals surface area (Å²) in [5, 5.41) is 0. The number of hydrogen-bond acceptors (Lipinski definition) is 5. The van der Waals surface area contributed by atoms with E-state index in [4.69, 9.17) is 5.73 Å². The number of nitrogens with two attached hydrogens (primary N) is 1. The van der Waals surface area contributed by atoms with E-state index in [1.807, 2.05) is 17.0 Å². The van der Waals surface area contributed by atoms with Crippen LogP contribution in [0.1, 0.15) is 18.4 Å². The molecule has 10 heteroatoms. The van der Waals surface area contributed by atoms with E-state index in [0.29, 0.717) is 12.5 Å². The summed E-state index contributed by atoms with van der Waals surface area (Å²) in [6.07, 6.45) is 6.55. The van der Waals surface area contributed by atoms with Gasteiger partial charge in [-0.2, -0.15) is 0 Å². The molecule has 2 saturated heterocycles. The smallest absolute Gasteiger partial charge is 0.239 e. The fraction of sp³-hybridized carbons (Fsp3) is 0.667. The quantitative estimate of drug-likeness (QED) is 0.718. The van der Waals surface area contributed by atoms with Crippen LogP contribution in [0.2, 0.25) is 0 Å². The molecule has 0 saturated carbocycles. The first kappa shape index (κ1) is 29.9. The number of pyridine rings is 1. The number of halogens is 4. The molecular weight excluding hydrogens is 444 g/mol. The summed E-state index contributed by atoms with van der Waals surface area (Å²) in [6, 6.07) is 4.07. The van der Waals surface area contributed by atoms with Crippen LogP contribution in [0, 0.1) is 0 Å². The molecule has 0 aliphatic carbocycles. The van der Waals surface area contributed by atoms with Gasteiger partial charge in [-0.25, -0.2) is 0 Å². The zero-order chi connectivity index (χ0) is 16.9. The van der Waals surface area contributed by atoms with Crippen LogP contribution in [0.4, 0.5) is 0 Å². The van der Waals surface area contributed by atoms with Gasteiger partial charge in [-0.3, -0.25) is 14.7 Å². The summed E-state index contributed by atoms with van der Waals surface area (Å²) in [5.41, 5.74) is 7.21. The van der Waals surface area contributed by atoms with E-state index in [0.717, 1.165) is 31.7 Å². The van der Waals surface area contributed by atoms with E-state index in [2.05, 4.69) is 21.8 Å². The number of rotatable bonds is 4. The highest BCUT2D eigenvalue weighted by Crippen LogP contribution is 2.17. The molecule has 0 aromatic carbocycles. The van der Waals surface area contributed by atoms with E-state index in [1.54, 1.807) is 12.4 Å². The molecular formula is C18H33Cl4N5O. The van der Waals surface area contributed by atoms with Crippen LogP contribution in [0.3, 0.4) is 0 Å². The Labute approximate surface area is 193 Å². The molecule has 1 aromatic rings. The summed E-state index contributed by atoms with van der Waals surface area (Å²) in [7, 11) is 2.19. The maximum Gasteiger partial charge on any atom is 0.239 e. The second-order valence-electron chi connectivity index (χ2n) is 7.06. The molecule has 2 aliphatic rings. The van der Waals surface area contributed by atoms with E-state index >= 15 is 0 Å². The van der Waals surface area contributed by atoms with Gasteiger partial charge in [0.1, 0.15) is 0 Å². The van der Waals surface area contributed by atoms with Crippen molar-refractivity contribution in [3.05, 3.63) is 30.1 Å². The molecule has 1 aromatic heterocycles. The largest absolute Gasteiger partial charge is 0.339 e. The van der Waals surface area contributed by atoms with Crippen molar-refractivity contribution < 1.29 is 4.79 Å². The average Bonchev–Trinajstić information content (AvgIpc) is 2.63. The van der Waals surface area contributed by atoms with E-state index < -0.39 is 6.04 Å². The van der Waals surface area contributed by atoms with Crippen LogP contribution in [-0.4, -0.2) is 84.0 Å². The lowest BCUT2D eigenvalue weighted by Crippen LogP contribution is -2.56. The Balaban J connectivity index is 0. The number of piperazine rings is 1. The number of nitrogens with zero attached hydrogens (tertiary/aromatic N) is 4. The van der Waals surface area contributed by atoms with Crippen LogP contribution >= 0.6 is 49.6 Å². The van der Waals surface area contributed by atoms with Crippen molar-refractivity contribution in [2.45, 2.75) is 31.3 Å². The molecule has 3 heterocycles. The van der Waals surface area contributed by atoms with Crippen molar-refractivity contribution in [3.8, 4) is 0 Å². The Bertz CT molecular complexity index is 538. The molecule has 2 fully saturated rings. The third-order valence-corrected chi connectivity index (χ3v) is 5.35. The minimum absolute atomic E-state index is 0. The maximum atomic E-state index is 12.6. The minimum atomic E-state index is -0.456. The minimum Gasteiger partial charge on any atom is -0.339 e. The van der Waals surface area contributed by atoms with Crippen molar-refractivity contribution in [2.75, 3.05) is 46.3 Å². The number of likely N-dealkylation sites (tertiary alicyclic amines) is 1. The number of amides is 1. The van der Waals surface area contributed by atoms with Gasteiger partial charge >= 0.3 is 0 Å².